The van der Waals surface area contributed by atoms with E-state index in [4.69, 9.17) is 18.9 Å². The second kappa shape index (κ2) is 7.40. The largest absolute Gasteiger partial charge is 0.497 e. The lowest BCUT2D eigenvalue weighted by Gasteiger charge is -2.15. The molecule has 0 aliphatic carbocycles. The van der Waals surface area contributed by atoms with Crippen LogP contribution in [0.15, 0.2) is 36.4 Å². The van der Waals surface area contributed by atoms with E-state index < -0.39 is 0 Å². The van der Waals surface area contributed by atoms with Gasteiger partial charge in [0.25, 0.3) is 5.91 Å². The number of rotatable bonds is 6. The molecule has 0 bridgehead atoms. The number of benzene rings is 2. The van der Waals surface area contributed by atoms with E-state index in [0.29, 0.717) is 34.2 Å². The van der Waals surface area contributed by atoms with Crippen molar-refractivity contribution in [3.05, 3.63) is 42.0 Å². The third kappa shape index (κ3) is 3.66. The fourth-order valence-electron chi connectivity index (χ4n) is 2.06. The van der Waals surface area contributed by atoms with Crippen LogP contribution in [0.3, 0.4) is 0 Å². The average molecular weight is 317 g/mol. The van der Waals surface area contributed by atoms with Crippen LogP contribution in [0.1, 0.15) is 10.4 Å². The maximum absolute atomic E-state index is 12.4. The number of ether oxygens (including phenoxy) is 4. The number of carbonyl (C=O) groups is 1. The first kappa shape index (κ1) is 16.5. The molecule has 0 radical (unpaired) electrons. The third-order valence-electron chi connectivity index (χ3n) is 3.31. The van der Waals surface area contributed by atoms with Gasteiger partial charge in [-0.25, -0.2) is 0 Å². The van der Waals surface area contributed by atoms with Gasteiger partial charge in [0.1, 0.15) is 28.7 Å². The van der Waals surface area contributed by atoms with Gasteiger partial charge in [-0.2, -0.15) is 0 Å². The highest BCUT2D eigenvalue weighted by Gasteiger charge is 2.16. The monoisotopic (exact) mass is 317 g/mol. The van der Waals surface area contributed by atoms with Gasteiger partial charge in [0.2, 0.25) is 0 Å². The van der Waals surface area contributed by atoms with Crippen molar-refractivity contribution >= 4 is 11.6 Å². The van der Waals surface area contributed by atoms with Crippen LogP contribution < -0.4 is 24.3 Å². The van der Waals surface area contributed by atoms with Crippen LogP contribution in [0.25, 0.3) is 0 Å². The second-order valence-corrected chi connectivity index (χ2v) is 4.59. The molecular formula is C17H19NO5. The summed E-state index contributed by atoms with van der Waals surface area (Å²) in [6.45, 7) is 0. The standard InChI is InChI=1S/C17H19NO5/c1-20-12-7-5-11(6-8-12)17(19)18-16-14(22-3)9-13(21-2)10-15(16)23-4/h5-10H,1-4H3,(H,18,19). The lowest BCUT2D eigenvalue weighted by Crippen LogP contribution is -2.13. The lowest BCUT2D eigenvalue weighted by atomic mass is 10.2. The van der Waals surface area contributed by atoms with Crippen LogP contribution in [0.5, 0.6) is 23.0 Å². The molecule has 23 heavy (non-hydrogen) atoms. The van der Waals surface area contributed by atoms with E-state index >= 15 is 0 Å². The molecule has 122 valence electrons. The predicted molar refractivity (Wildman–Crippen MR) is 87.0 cm³/mol. The van der Waals surface area contributed by atoms with E-state index in [1.54, 1.807) is 50.6 Å². The minimum absolute atomic E-state index is 0.283. The Labute approximate surface area is 134 Å². The summed E-state index contributed by atoms with van der Waals surface area (Å²) in [6.07, 6.45) is 0. The summed E-state index contributed by atoms with van der Waals surface area (Å²) in [5.41, 5.74) is 0.933. The summed E-state index contributed by atoms with van der Waals surface area (Å²) in [6, 6.07) is 10.1. The number of carbonyl (C=O) groups excluding carboxylic acids is 1. The van der Waals surface area contributed by atoms with Crippen LogP contribution in [0.4, 0.5) is 5.69 Å². The first-order valence-electron chi connectivity index (χ1n) is 6.88. The molecule has 0 aromatic heterocycles. The van der Waals surface area contributed by atoms with Gasteiger partial charge in [-0.1, -0.05) is 0 Å². The van der Waals surface area contributed by atoms with Gasteiger partial charge >= 0.3 is 0 Å². The van der Waals surface area contributed by atoms with Crippen LogP contribution >= 0.6 is 0 Å². The molecule has 0 fully saturated rings. The van der Waals surface area contributed by atoms with Gasteiger partial charge in [0.15, 0.2) is 0 Å². The Hall–Kier alpha value is -2.89. The minimum atomic E-state index is -0.283. The lowest BCUT2D eigenvalue weighted by molar-refractivity contribution is 0.102. The Morgan fingerprint density at radius 2 is 1.30 bits per heavy atom. The van der Waals surface area contributed by atoms with Crippen LogP contribution in [-0.4, -0.2) is 34.3 Å². The normalized spacial score (nSPS) is 9.91. The third-order valence-corrected chi connectivity index (χ3v) is 3.31. The summed E-state index contributed by atoms with van der Waals surface area (Å²) in [5, 5.41) is 2.80. The zero-order chi connectivity index (χ0) is 16.8. The van der Waals surface area contributed by atoms with Crippen LogP contribution in [0.2, 0.25) is 0 Å². The highest BCUT2D eigenvalue weighted by Crippen LogP contribution is 2.39. The van der Waals surface area contributed by atoms with E-state index in [2.05, 4.69) is 5.32 Å². The van der Waals surface area contributed by atoms with Crippen molar-refractivity contribution in [2.75, 3.05) is 33.8 Å². The van der Waals surface area contributed by atoms with Gasteiger partial charge in [-0.3, -0.25) is 4.79 Å². The van der Waals surface area contributed by atoms with Crippen LogP contribution in [-0.2, 0) is 0 Å². The molecule has 2 rings (SSSR count). The Balaban J connectivity index is 2.32. The first-order valence-corrected chi connectivity index (χ1v) is 6.88. The maximum Gasteiger partial charge on any atom is 0.255 e. The summed E-state index contributed by atoms with van der Waals surface area (Å²) >= 11 is 0. The quantitative estimate of drug-likeness (QED) is 0.887. The predicted octanol–water partition coefficient (Wildman–Crippen LogP) is 2.97. The summed E-state index contributed by atoms with van der Waals surface area (Å²) < 4.78 is 20.9. The minimum Gasteiger partial charge on any atom is -0.497 e. The van der Waals surface area contributed by atoms with E-state index in [9.17, 15) is 4.79 Å². The molecule has 0 aliphatic heterocycles. The van der Waals surface area contributed by atoms with Crippen LogP contribution in [0, 0.1) is 0 Å². The first-order chi connectivity index (χ1) is 11.1. The van der Waals surface area contributed by atoms with Gasteiger partial charge in [-0.05, 0) is 24.3 Å². The second-order valence-electron chi connectivity index (χ2n) is 4.59. The van der Waals surface area contributed by atoms with Crippen molar-refractivity contribution in [3.8, 4) is 23.0 Å². The molecule has 0 saturated carbocycles. The van der Waals surface area contributed by atoms with Crippen molar-refractivity contribution < 1.29 is 23.7 Å². The molecule has 0 unspecified atom stereocenters. The Morgan fingerprint density at radius 1 is 0.783 bits per heavy atom. The summed E-state index contributed by atoms with van der Waals surface area (Å²) in [7, 11) is 6.14. The van der Waals surface area contributed by atoms with E-state index in [0.717, 1.165) is 0 Å². The van der Waals surface area contributed by atoms with Crippen molar-refractivity contribution in [3.63, 3.8) is 0 Å². The van der Waals surface area contributed by atoms with Crippen molar-refractivity contribution in [1.82, 2.24) is 0 Å². The molecule has 0 atom stereocenters. The van der Waals surface area contributed by atoms with Crippen molar-refractivity contribution in [1.29, 1.82) is 0 Å². The van der Waals surface area contributed by atoms with Gasteiger partial charge < -0.3 is 24.3 Å². The van der Waals surface area contributed by atoms with E-state index in [-0.39, 0.29) is 5.91 Å². The number of hydrogen-bond donors (Lipinski definition) is 1. The molecule has 1 N–H and O–H groups in total. The smallest absolute Gasteiger partial charge is 0.255 e. The fraction of sp³-hybridized carbons (Fsp3) is 0.235. The Kier molecular flexibility index (Phi) is 5.30. The Bertz CT molecular complexity index is 657. The van der Waals surface area contributed by atoms with Gasteiger partial charge in [0, 0.05) is 17.7 Å². The molecule has 2 aromatic carbocycles. The number of anilines is 1. The SMILES string of the molecule is COc1ccc(C(=O)Nc2c(OC)cc(OC)cc2OC)cc1. The number of hydrogen-bond acceptors (Lipinski definition) is 5. The average Bonchev–Trinajstić information content (AvgIpc) is 2.61. The molecule has 0 saturated heterocycles. The zero-order valence-electron chi connectivity index (χ0n) is 13.5. The fourth-order valence-corrected chi connectivity index (χ4v) is 2.06. The molecule has 0 aliphatic rings. The van der Waals surface area contributed by atoms with Gasteiger partial charge in [0.05, 0.1) is 28.4 Å². The summed E-state index contributed by atoms with van der Waals surface area (Å²) in [4.78, 5) is 12.4. The topological polar surface area (TPSA) is 66.0 Å². The molecule has 6 nitrogen and oxygen atoms in total. The molecule has 0 heterocycles. The molecule has 6 heteroatoms. The summed E-state index contributed by atoms with van der Waals surface area (Å²) in [5.74, 6) is 1.86. The highest BCUT2D eigenvalue weighted by molar-refractivity contribution is 6.06. The van der Waals surface area contributed by atoms with E-state index in [1.807, 2.05) is 0 Å². The molecular weight excluding hydrogens is 298 g/mol. The number of nitrogens with one attached hydrogen (secondary N) is 1. The Morgan fingerprint density at radius 3 is 1.74 bits per heavy atom. The number of methoxy groups -OCH3 is 4. The molecule has 1 amide bonds. The zero-order valence-corrected chi connectivity index (χ0v) is 13.5. The van der Waals surface area contributed by atoms with Gasteiger partial charge in [-0.15, -0.1) is 0 Å². The molecule has 2 aromatic rings. The van der Waals surface area contributed by atoms with Crippen molar-refractivity contribution in [2.24, 2.45) is 0 Å². The molecule has 0 spiro atoms. The van der Waals surface area contributed by atoms with E-state index in [1.165, 1.54) is 14.2 Å². The maximum atomic E-state index is 12.4. The highest BCUT2D eigenvalue weighted by atomic mass is 16.5. The van der Waals surface area contributed by atoms with Crippen molar-refractivity contribution in [2.45, 2.75) is 0 Å². The number of amides is 1.